The number of hydrogen-bond acceptors (Lipinski definition) is 6. The van der Waals surface area contributed by atoms with Crippen LogP contribution in [0.3, 0.4) is 0 Å². The van der Waals surface area contributed by atoms with Crippen LogP contribution >= 0.6 is 0 Å². The van der Waals surface area contributed by atoms with E-state index in [9.17, 15) is 4.79 Å². The Morgan fingerprint density at radius 2 is 1.53 bits per heavy atom. The van der Waals surface area contributed by atoms with E-state index in [0.29, 0.717) is 26.2 Å². The molecule has 6 nitrogen and oxygen atoms in total. The SMILES string of the molecule is CCOC(=O)C(Cc1ccc(OCCCOc2ccc(Oc3ccccc3)cc2)c(C)c1)OC. The van der Waals surface area contributed by atoms with E-state index in [0.717, 1.165) is 40.5 Å². The molecule has 0 aliphatic carbocycles. The summed E-state index contributed by atoms with van der Waals surface area (Å²) in [5.41, 5.74) is 2.00. The summed E-state index contributed by atoms with van der Waals surface area (Å²) in [5, 5.41) is 0. The normalized spacial score (nSPS) is 11.5. The summed E-state index contributed by atoms with van der Waals surface area (Å²) >= 11 is 0. The van der Waals surface area contributed by atoms with E-state index in [-0.39, 0.29) is 5.97 Å². The minimum absolute atomic E-state index is 0.336. The molecule has 1 unspecified atom stereocenters. The van der Waals surface area contributed by atoms with Gasteiger partial charge in [-0.25, -0.2) is 4.79 Å². The van der Waals surface area contributed by atoms with E-state index in [2.05, 4.69) is 0 Å². The quantitative estimate of drug-likeness (QED) is 0.237. The maximum absolute atomic E-state index is 11.9. The number of carbonyl (C=O) groups is 1. The molecule has 0 saturated heterocycles. The number of esters is 1. The first kappa shape index (κ1) is 25.1. The largest absolute Gasteiger partial charge is 0.493 e. The molecule has 0 N–H and O–H groups in total. The molecular formula is C28H32O6. The number of benzene rings is 3. The Kier molecular flexibility index (Phi) is 9.80. The maximum Gasteiger partial charge on any atom is 0.335 e. The zero-order valence-corrected chi connectivity index (χ0v) is 20.0. The second kappa shape index (κ2) is 13.3. The Balaban J connectivity index is 1.39. The molecule has 0 bridgehead atoms. The lowest BCUT2D eigenvalue weighted by Crippen LogP contribution is -2.27. The van der Waals surface area contributed by atoms with Gasteiger partial charge in [0.2, 0.25) is 0 Å². The highest BCUT2D eigenvalue weighted by molar-refractivity contribution is 5.75. The van der Waals surface area contributed by atoms with Gasteiger partial charge in [0.25, 0.3) is 0 Å². The van der Waals surface area contributed by atoms with Gasteiger partial charge in [-0.15, -0.1) is 0 Å². The fourth-order valence-corrected chi connectivity index (χ4v) is 3.37. The highest BCUT2D eigenvalue weighted by Crippen LogP contribution is 2.24. The fraction of sp³-hybridized carbons (Fsp3) is 0.321. The summed E-state index contributed by atoms with van der Waals surface area (Å²) in [4.78, 5) is 11.9. The zero-order valence-electron chi connectivity index (χ0n) is 20.0. The van der Waals surface area contributed by atoms with Crippen molar-refractivity contribution in [3.8, 4) is 23.0 Å². The van der Waals surface area contributed by atoms with Gasteiger partial charge in [-0.2, -0.15) is 0 Å². The van der Waals surface area contributed by atoms with Crippen LogP contribution in [0.2, 0.25) is 0 Å². The van der Waals surface area contributed by atoms with E-state index < -0.39 is 6.10 Å². The topological polar surface area (TPSA) is 63.2 Å². The average molecular weight is 465 g/mol. The van der Waals surface area contributed by atoms with Crippen molar-refractivity contribution in [2.24, 2.45) is 0 Å². The van der Waals surface area contributed by atoms with E-state index in [1.54, 1.807) is 6.92 Å². The molecule has 0 aromatic heterocycles. The minimum atomic E-state index is -0.609. The smallest absolute Gasteiger partial charge is 0.335 e. The molecule has 0 aliphatic heterocycles. The maximum atomic E-state index is 11.9. The molecule has 0 amide bonds. The molecule has 0 saturated carbocycles. The van der Waals surface area contributed by atoms with E-state index in [1.807, 2.05) is 79.7 Å². The number of aryl methyl sites for hydroxylation is 1. The van der Waals surface area contributed by atoms with Crippen molar-refractivity contribution in [2.75, 3.05) is 26.9 Å². The molecular weight excluding hydrogens is 432 g/mol. The molecule has 3 aromatic carbocycles. The second-order valence-electron chi connectivity index (χ2n) is 7.72. The monoisotopic (exact) mass is 464 g/mol. The average Bonchev–Trinajstić information content (AvgIpc) is 2.85. The Bertz CT molecular complexity index is 1020. The van der Waals surface area contributed by atoms with Gasteiger partial charge in [0.1, 0.15) is 23.0 Å². The Morgan fingerprint density at radius 1 is 0.853 bits per heavy atom. The standard InChI is InChI=1S/C28H32O6/c1-4-31-28(29)27(30-3)20-22-11-16-26(21(2)19-22)33-18-8-17-32-23-12-14-25(15-13-23)34-24-9-6-5-7-10-24/h5-7,9-16,19,27H,4,8,17-18,20H2,1-3H3. The van der Waals surface area contributed by atoms with Gasteiger partial charge in [-0.05, 0) is 67.4 Å². The molecule has 0 fully saturated rings. The molecule has 180 valence electrons. The van der Waals surface area contributed by atoms with Crippen molar-refractivity contribution in [1.82, 2.24) is 0 Å². The Labute approximate surface area is 201 Å². The van der Waals surface area contributed by atoms with Crippen LogP contribution in [-0.4, -0.2) is 39.0 Å². The van der Waals surface area contributed by atoms with Crippen molar-refractivity contribution in [1.29, 1.82) is 0 Å². The van der Waals surface area contributed by atoms with Gasteiger partial charge < -0.3 is 23.7 Å². The minimum Gasteiger partial charge on any atom is -0.493 e. The lowest BCUT2D eigenvalue weighted by Gasteiger charge is -2.15. The summed E-state index contributed by atoms with van der Waals surface area (Å²) in [7, 11) is 1.51. The molecule has 0 radical (unpaired) electrons. The third kappa shape index (κ3) is 7.81. The summed E-state index contributed by atoms with van der Waals surface area (Å²) < 4.78 is 27.8. The van der Waals surface area contributed by atoms with Crippen LogP contribution < -0.4 is 14.2 Å². The van der Waals surface area contributed by atoms with Crippen molar-refractivity contribution < 1.29 is 28.5 Å². The first-order valence-corrected chi connectivity index (χ1v) is 11.5. The van der Waals surface area contributed by atoms with Crippen LogP contribution in [-0.2, 0) is 20.7 Å². The van der Waals surface area contributed by atoms with E-state index >= 15 is 0 Å². The Hall–Kier alpha value is -3.51. The summed E-state index contributed by atoms with van der Waals surface area (Å²) in [6.45, 7) is 5.19. The predicted molar refractivity (Wildman–Crippen MR) is 131 cm³/mol. The molecule has 0 aliphatic rings. The van der Waals surface area contributed by atoms with Gasteiger partial charge in [-0.3, -0.25) is 0 Å². The van der Waals surface area contributed by atoms with Gasteiger partial charge in [0, 0.05) is 20.0 Å². The van der Waals surface area contributed by atoms with Crippen LogP contribution in [0.5, 0.6) is 23.0 Å². The second-order valence-corrected chi connectivity index (χ2v) is 7.72. The number of hydrogen-bond donors (Lipinski definition) is 0. The number of rotatable bonds is 13. The fourth-order valence-electron chi connectivity index (χ4n) is 3.37. The highest BCUT2D eigenvalue weighted by Gasteiger charge is 2.19. The molecule has 34 heavy (non-hydrogen) atoms. The lowest BCUT2D eigenvalue weighted by atomic mass is 10.0. The third-order valence-corrected chi connectivity index (χ3v) is 5.11. The van der Waals surface area contributed by atoms with Crippen LogP contribution in [0, 0.1) is 6.92 Å². The van der Waals surface area contributed by atoms with Gasteiger partial charge in [0.15, 0.2) is 6.10 Å². The summed E-state index contributed by atoms with van der Waals surface area (Å²) in [5.74, 6) is 2.82. The molecule has 1 atom stereocenters. The van der Waals surface area contributed by atoms with Crippen molar-refractivity contribution >= 4 is 5.97 Å². The van der Waals surface area contributed by atoms with E-state index in [4.69, 9.17) is 23.7 Å². The molecule has 6 heteroatoms. The molecule has 0 spiro atoms. The summed E-state index contributed by atoms with van der Waals surface area (Å²) in [6.07, 6.45) is 0.597. The highest BCUT2D eigenvalue weighted by atomic mass is 16.6. The van der Waals surface area contributed by atoms with Crippen LogP contribution in [0.25, 0.3) is 0 Å². The van der Waals surface area contributed by atoms with Crippen molar-refractivity contribution in [3.63, 3.8) is 0 Å². The van der Waals surface area contributed by atoms with Crippen molar-refractivity contribution in [3.05, 3.63) is 83.9 Å². The number of ether oxygens (including phenoxy) is 5. The first-order valence-electron chi connectivity index (χ1n) is 11.5. The molecule has 3 rings (SSSR count). The van der Waals surface area contributed by atoms with Gasteiger partial charge in [-0.1, -0.05) is 30.3 Å². The number of methoxy groups -OCH3 is 1. The van der Waals surface area contributed by atoms with Gasteiger partial charge in [0.05, 0.1) is 19.8 Å². The first-order chi connectivity index (χ1) is 16.6. The molecule has 0 heterocycles. The van der Waals surface area contributed by atoms with Crippen LogP contribution in [0.15, 0.2) is 72.8 Å². The number of carbonyl (C=O) groups excluding carboxylic acids is 1. The van der Waals surface area contributed by atoms with Crippen LogP contribution in [0.1, 0.15) is 24.5 Å². The summed E-state index contributed by atoms with van der Waals surface area (Å²) in [6, 6.07) is 23.1. The van der Waals surface area contributed by atoms with Gasteiger partial charge >= 0.3 is 5.97 Å². The van der Waals surface area contributed by atoms with E-state index in [1.165, 1.54) is 7.11 Å². The number of para-hydroxylation sites is 1. The molecule has 3 aromatic rings. The zero-order chi connectivity index (χ0) is 24.2. The van der Waals surface area contributed by atoms with Crippen molar-refractivity contribution in [2.45, 2.75) is 32.8 Å². The third-order valence-electron chi connectivity index (χ3n) is 5.11. The lowest BCUT2D eigenvalue weighted by molar-refractivity contribution is -0.154. The van der Waals surface area contributed by atoms with Crippen LogP contribution in [0.4, 0.5) is 0 Å². The predicted octanol–water partition coefficient (Wildman–Crippen LogP) is 5.76. The Morgan fingerprint density at radius 3 is 2.21 bits per heavy atom.